The Labute approximate surface area is 158 Å². The van der Waals surface area contributed by atoms with Gasteiger partial charge in [-0.2, -0.15) is 5.10 Å². The summed E-state index contributed by atoms with van der Waals surface area (Å²) in [6, 6.07) is 5.81. The van der Waals surface area contributed by atoms with Crippen LogP contribution in [0.4, 0.5) is 5.69 Å². The lowest BCUT2D eigenvalue weighted by atomic mass is 10.1. The van der Waals surface area contributed by atoms with Crippen LogP contribution in [0, 0.1) is 0 Å². The molecule has 2 aromatic rings. The van der Waals surface area contributed by atoms with E-state index in [1.54, 1.807) is 6.33 Å². The minimum atomic E-state index is 0.0438. The van der Waals surface area contributed by atoms with E-state index in [0.29, 0.717) is 38.5 Å². The van der Waals surface area contributed by atoms with Crippen molar-refractivity contribution in [3.63, 3.8) is 0 Å². The van der Waals surface area contributed by atoms with Gasteiger partial charge in [0.25, 0.3) is 5.91 Å². The molecule has 0 radical (unpaired) electrons. The number of likely N-dealkylation sites (N-methyl/N-ethyl adjacent to an activating group) is 1. The molecule has 1 saturated heterocycles. The van der Waals surface area contributed by atoms with E-state index in [4.69, 9.17) is 9.47 Å². The summed E-state index contributed by atoms with van der Waals surface area (Å²) in [6.45, 7) is 5.89. The van der Waals surface area contributed by atoms with Crippen LogP contribution >= 0.6 is 0 Å². The number of benzene rings is 1. The summed E-state index contributed by atoms with van der Waals surface area (Å²) in [5.41, 5.74) is 1.62. The van der Waals surface area contributed by atoms with Crippen molar-refractivity contribution in [1.82, 2.24) is 19.7 Å². The molecule has 0 unspecified atom stereocenters. The number of carbonyl (C=O) groups excluding carboxylic acids is 1. The van der Waals surface area contributed by atoms with Gasteiger partial charge in [0.2, 0.25) is 0 Å². The van der Waals surface area contributed by atoms with Crippen LogP contribution < -0.4 is 9.64 Å². The van der Waals surface area contributed by atoms with Gasteiger partial charge in [-0.25, -0.2) is 4.98 Å². The number of carbonyl (C=O) groups is 1. The van der Waals surface area contributed by atoms with Crippen LogP contribution in [0.5, 0.6) is 5.75 Å². The van der Waals surface area contributed by atoms with Crippen LogP contribution in [0.2, 0.25) is 0 Å². The number of hydrogen-bond donors (Lipinski definition) is 0. The molecule has 2 aliphatic rings. The standard InChI is InChI=1S/C19H25N5O3/c1-3-24-18(20-13-21-24)11-15-12-27-17-5-4-14(10-16(17)22(15)2)19(25)23-6-8-26-9-7-23/h4-5,10,13,15H,3,6-9,11-12H2,1-2H3/t15-/m0/s1. The Morgan fingerprint density at radius 1 is 1.30 bits per heavy atom. The fourth-order valence-corrected chi connectivity index (χ4v) is 3.61. The molecule has 8 nitrogen and oxygen atoms in total. The van der Waals surface area contributed by atoms with Crippen LogP contribution in [0.1, 0.15) is 23.1 Å². The van der Waals surface area contributed by atoms with Crippen molar-refractivity contribution >= 4 is 11.6 Å². The van der Waals surface area contributed by atoms with Gasteiger partial charge in [-0.1, -0.05) is 0 Å². The summed E-state index contributed by atoms with van der Waals surface area (Å²) in [4.78, 5) is 21.2. The molecule has 0 spiro atoms. The van der Waals surface area contributed by atoms with Crippen molar-refractivity contribution in [2.24, 2.45) is 0 Å². The SMILES string of the molecule is CCn1ncnc1C[C@H]1COc2ccc(C(=O)N3CCOCC3)cc2N1C. The summed E-state index contributed by atoms with van der Waals surface area (Å²) in [5, 5.41) is 4.24. The average Bonchev–Trinajstić information content (AvgIpc) is 3.17. The summed E-state index contributed by atoms with van der Waals surface area (Å²) in [5.74, 6) is 1.80. The third-order valence-corrected chi connectivity index (χ3v) is 5.28. The second kappa shape index (κ2) is 7.56. The minimum Gasteiger partial charge on any atom is -0.489 e. The highest BCUT2D eigenvalue weighted by molar-refractivity contribution is 5.95. The maximum absolute atomic E-state index is 12.8. The number of fused-ring (bicyclic) bond motifs is 1. The zero-order valence-corrected chi connectivity index (χ0v) is 15.8. The lowest BCUT2D eigenvalue weighted by Crippen LogP contribution is -2.43. The van der Waals surface area contributed by atoms with Crippen molar-refractivity contribution in [1.29, 1.82) is 0 Å². The van der Waals surface area contributed by atoms with E-state index in [2.05, 4.69) is 21.9 Å². The number of aromatic nitrogens is 3. The second-order valence-electron chi connectivity index (χ2n) is 6.86. The Bertz CT molecular complexity index is 815. The Balaban J connectivity index is 1.54. The monoisotopic (exact) mass is 371 g/mol. The van der Waals surface area contributed by atoms with Gasteiger partial charge in [0.15, 0.2) is 0 Å². The molecule has 8 heteroatoms. The summed E-state index contributed by atoms with van der Waals surface area (Å²) in [6.07, 6.45) is 2.33. The number of rotatable bonds is 4. The molecule has 1 aromatic carbocycles. The molecule has 1 fully saturated rings. The predicted octanol–water partition coefficient (Wildman–Crippen LogP) is 1.21. The van der Waals surface area contributed by atoms with E-state index in [-0.39, 0.29) is 11.9 Å². The topological polar surface area (TPSA) is 72.7 Å². The molecule has 0 N–H and O–H groups in total. The van der Waals surface area contributed by atoms with E-state index in [1.165, 1.54) is 0 Å². The lowest BCUT2D eigenvalue weighted by molar-refractivity contribution is 0.0303. The van der Waals surface area contributed by atoms with Crippen LogP contribution in [0.25, 0.3) is 0 Å². The lowest BCUT2D eigenvalue weighted by Gasteiger charge is -2.36. The van der Waals surface area contributed by atoms with Gasteiger partial charge in [0.05, 0.1) is 24.9 Å². The van der Waals surface area contributed by atoms with E-state index >= 15 is 0 Å². The van der Waals surface area contributed by atoms with Crippen LogP contribution in [-0.4, -0.2) is 71.6 Å². The zero-order valence-electron chi connectivity index (χ0n) is 15.8. The van der Waals surface area contributed by atoms with E-state index in [1.807, 2.05) is 34.8 Å². The molecule has 4 rings (SSSR count). The van der Waals surface area contributed by atoms with Gasteiger partial charge in [-0.15, -0.1) is 0 Å². The number of morpholine rings is 1. The quantitative estimate of drug-likeness (QED) is 0.804. The number of hydrogen-bond acceptors (Lipinski definition) is 6. The van der Waals surface area contributed by atoms with E-state index in [0.717, 1.165) is 30.2 Å². The number of anilines is 1. The highest BCUT2D eigenvalue weighted by Gasteiger charge is 2.28. The Morgan fingerprint density at radius 3 is 2.89 bits per heavy atom. The third kappa shape index (κ3) is 3.49. The second-order valence-corrected chi connectivity index (χ2v) is 6.86. The highest BCUT2D eigenvalue weighted by atomic mass is 16.5. The molecular formula is C19H25N5O3. The average molecular weight is 371 g/mol. The highest BCUT2D eigenvalue weighted by Crippen LogP contribution is 2.34. The van der Waals surface area contributed by atoms with E-state index in [9.17, 15) is 4.79 Å². The van der Waals surface area contributed by atoms with Gasteiger partial charge in [-0.05, 0) is 25.1 Å². The van der Waals surface area contributed by atoms with Crippen molar-refractivity contribution < 1.29 is 14.3 Å². The number of aryl methyl sites for hydroxylation is 1. The van der Waals surface area contributed by atoms with Crippen molar-refractivity contribution in [3.8, 4) is 5.75 Å². The fraction of sp³-hybridized carbons (Fsp3) is 0.526. The van der Waals surface area contributed by atoms with Gasteiger partial charge in [0.1, 0.15) is 24.5 Å². The van der Waals surface area contributed by atoms with Crippen molar-refractivity contribution in [2.45, 2.75) is 25.9 Å². The smallest absolute Gasteiger partial charge is 0.254 e. The summed E-state index contributed by atoms with van der Waals surface area (Å²) >= 11 is 0. The largest absolute Gasteiger partial charge is 0.489 e. The zero-order chi connectivity index (χ0) is 18.8. The first-order chi connectivity index (χ1) is 13.2. The van der Waals surface area contributed by atoms with Gasteiger partial charge < -0.3 is 19.3 Å². The van der Waals surface area contributed by atoms with Crippen LogP contribution in [0.15, 0.2) is 24.5 Å². The van der Waals surface area contributed by atoms with Crippen LogP contribution in [-0.2, 0) is 17.7 Å². The molecule has 0 aliphatic carbocycles. The normalized spacial score (nSPS) is 19.6. The third-order valence-electron chi connectivity index (χ3n) is 5.28. The maximum atomic E-state index is 12.8. The molecule has 1 atom stereocenters. The predicted molar refractivity (Wildman–Crippen MR) is 100 cm³/mol. The Hall–Kier alpha value is -2.61. The maximum Gasteiger partial charge on any atom is 0.254 e. The first-order valence-electron chi connectivity index (χ1n) is 9.40. The minimum absolute atomic E-state index is 0.0438. The van der Waals surface area contributed by atoms with Gasteiger partial charge >= 0.3 is 0 Å². The van der Waals surface area contributed by atoms with Crippen molar-refractivity contribution in [3.05, 3.63) is 35.9 Å². The molecular weight excluding hydrogens is 346 g/mol. The first-order valence-corrected chi connectivity index (χ1v) is 9.40. The molecule has 1 aromatic heterocycles. The molecule has 2 aliphatic heterocycles. The molecule has 1 amide bonds. The van der Waals surface area contributed by atoms with Gasteiger partial charge in [0, 0.05) is 38.7 Å². The molecule has 144 valence electrons. The number of nitrogens with zero attached hydrogens (tertiary/aromatic N) is 5. The van der Waals surface area contributed by atoms with Gasteiger partial charge in [-0.3, -0.25) is 9.48 Å². The number of amides is 1. The molecule has 0 saturated carbocycles. The van der Waals surface area contributed by atoms with Crippen molar-refractivity contribution in [2.75, 3.05) is 44.9 Å². The van der Waals surface area contributed by atoms with Crippen LogP contribution in [0.3, 0.4) is 0 Å². The Morgan fingerprint density at radius 2 is 2.11 bits per heavy atom. The molecule has 3 heterocycles. The first kappa shape index (κ1) is 17.8. The molecule has 27 heavy (non-hydrogen) atoms. The molecule has 0 bridgehead atoms. The summed E-state index contributed by atoms with van der Waals surface area (Å²) < 4.78 is 13.2. The summed E-state index contributed by atoms with van der Waals surface area (Å²) in [7, 11) is 2.04. The van der Waals surface area contributed by atoms with E-state index < -0.39 is 0 Å². The Kier molecular flexibility index (Phi) is 4.98. The fourth-order valence-electron chi connectivity index (χ4n) is 3.61. The number of ether oxygens (including phenoxy) is 2.